The molecule has 1 heterocycles. The van der Waals surface area contributed by atoms with Gasteiger partial charge in [0.25, 0.3) is 5.91 Å². The minimum Gasteiger partial charge on any atom is -0.482 e. The summed E-state index contributed by atoms with van der Waals surface area (Å²) in [7, 11) is -3.60. The fourth-order valence-corrected chi connectivity index (χ4v) is 3.46. The minimum atomic E-state index is -3.60. The first-order valence-electron chi connectivity index (χ1n) is 6.98. The third kappa shape index (κ3) is 3.19. The van der Waals surface area contributed by atoms with Crippen molar-refractivity contribution in [3.8, 4) is 5.75 Å². The van der Waals surface area contributed by atoms with Gasteiger partial charge in [-0.3, -0.25) is 4.79 Å². The third-order valence-corrected chi connectivity index (χ3v) is 5.06. The Kier molecular flexibility index (Phi) is 4.53. The van der Waals surface area contributed by atoms with Gasteiger partial charge in [0.2, 0.25) is 10.0 Å². The number of hydrogen-bond acceptors (Lipinski definition) is 4. The molecule has 1 aromatic carbocycles. The lowest BCUT2D eigenvalue weighted by molar-refractivity contribution is -0.121. The lowest BCUT2D eigenvalue weighted by Gasteiger charge is -2.28. The average molecular weight is 312 g/mol. The van der Waals surface area contributed by atoms with Gasteiger partial charge in [0.1, 0.15) is 5.75 Å². The molecule has 0 unspecified atom stereocenters. The van der Waals surface area contributed by atoms with Gasteiger partial charge in [0.05, 0.1) is 10.6 Å². The van der Waals surface area contributed by atoms with Crippen LogP contribution in [0.1, 0.15) is 27.2 Å². The molecule has 1 amide bonds. The van der Waals surface area contributed by atoms with E-state index in [-0.39, 0.29) is 23.5 Å². The maximum absolute atomic E-state index is 12.3. The zero-order chi connectivity index (χ0) is 15.6. The molecule has 2 rings (SSSR count). The molecule has 116 valence electrons. The van der Waals surface area contributed by atoms with Crippen LogP contribution in [-0.2, 0) is 14.8 Å². The molecule has 0 saturated heterocycles. The van der Waals surface area contributed by atoms with Crippen molar-refractivity contribution in [1.82, 2.24) is 4.72 Å². The van der Waals surface area contributed by atoms with Crippen LogP contribution in [0.5, 0.6) is 5.75 Å². The Morgan fingerprint density at radius 1 is 1.38 bits per heavy atom. The quantitative estimate of drug-likeness (QED) is 0.894. The highest BCUT2D eigenvalue weighted by atomic mass is 32.2. The highest BCUT2D eigenvalue weighted by Crippen LogP contribution is 2.34. The molecule has 1 N–H and O–H groups in total. The largest absolute Gasteiger partial charge is 0.482 e. The molecule has 0 saturated carbocycles. The molecule has 1 aliphatic rings. The van der Waals surface area contributed by atoms with Crippen LogP contribution in [0.15, 0.2) is 23.1 Å². The molecule has 1 aromatic rings. The van der Waals surface area contributed by atoms with Gasteiger partial charge in [-0.1, -0.05) is 6.92 Å². The Morgan fingerprint density at radius 3 is 2.71 bits per heavy atom. The van der Waals surface area contributed by atoms with Crippen molar-refractivity contribution in [3.63, 3.8) is 0 Å². The van der Waals surface area contributed by atoms with Crippen LogP contribution in [0, 0.1) is 0 Å². The number of ether oxygens (including phenoxy) is 1. The standard InChI is InChI=1S/C14H20N2O4S/c1-4-10(3)15-21(18,19)11-6-7-13-12(8-11)16(5-2)14(17)9-20-13/h6-8,10,15H,4-5,9H2,1-3H3/t10-/m0/s1. The van der Waals surface area contributed by atoms with Crippen LogP contribution in [-0.4, -0.2) is 33.5 Å². The summed E-state index contributed by atoms with van der Waals surface area (Å²) >= 11 is 0. The van der Waals surface area contributed by atoms with Crippen LogP contribution >= 0.6 is 0 Å². The number of sulfonamides is 1. The van der Waals surface area contributed by atoms with Gasteiger partial charge < -0.3 is 9.64 Å². The number of likely N-dealkylation sites (N-methyl/N-ethyl adjacent to an activating group) is 1. The number of rotatable bonds is 5. The molecular formula is C14H20N2O4S. The van der Waals surface area contributed by atoms with Crippen molar-refractivity contribution in [2.24, 2.45) is 0 Å². The maximum Gasteiger partial charge on any atom is 0.265 e. The van der Waals surface area contributed by atoms with E-state index in [0.29, 0.717) is 24.4 Å². The van der Waals surface area contributed by atoms with E-state index < -0.39 is 10.0 Å². The summed E-state index contributed by atoms with van der Waals surface area (Å²) in [6.07, 6.45) is 0.701. The second-order valence-electron chi connectivity index (χ2n) is 4.99. The van der Waals surface area contributed by atoms with E-state index in [9.17, 15) is 13.2 Å². The molecule has 0 radical (unpaired) electrons. The van der Waals surface area contributed by atoms with Gasteiger partial charge in [-0.25, -0.2) is 13.1 Å². The second-order valence-corrected chi connectivity index (χ2v) is 6.70. The summed E-state index contributed by atoms with van der Waals surface area (Å²) in [5.74, 6) is 0.355. The van der Waals surface area contributed by atoms with E-state index in [4.69, 9.17) is 4.74 Å². The molecule has 0 aliphatic carbocycles. The first kappa shape index (κ1) is 15.8. The highest BCUT2D eigenvalue weighted by Gasteiger charge is 2.26. The second kappa shape index (κ2) is 6.03. The van der Waals surface area contributed by atoms with Gasteiger partial charge in [0, 0.05) is 12.6 Å². The minimum absolute atomic E-state index is 0.0158. The number of hydrogen-bond donors (Lipinski definition) is 1. The number of benzene rings is 1. The Morgan fingerprint density at radius 2 is 2.10 bits per heavy atom. The van der Waals surface area contributed by atoms with E-state index >= 15 is 0 Å². The number of nitrogens with one attached hydrogen (secondary N) is 1. The summed E-state index contributed by atoms with van der Waals surface area (Å²) in [6.45, 7) is 6.01. The van der Waals surface area contributed by atoms with E-state index in [0.717, 1.165) is 0 Å². The molecule has 0 aromatic heterocycles. The molecule has 7 heteroatoms. The number of carbonyl (C=O) groups excluding carboxylic acids is 1. The predicted octanol–water partition coefficient (Wildman–Crippen LogP) is 1.51. The van der Waals surface area contributed by atoms with Crippen molar-refractivity contribution >= 4 is 21.6 Å². The maximum atomic E-state index is 12.3. The molecule has 1 aliphatic heterocycles. The van der Waals surface area contributed by atoms with Crippen LogP contribution in [0.3, 0.4) is 0 Å². The highest BCUT2D eigenvalue weighted by molar-refractivity contribution is 7.89. The number of fused-ring (bicyclic) bond motifs is 1. The predicted molar refractivity (Wildman–Crippen MR) is 80.0 cm³/mol. The van der Waals surface area contributed by atoms with E-state index in [1.165, 1.54) is 17.0 Å². The Bertz CT molecular complexity index is 642. The van der Waals surface area contributed by atoms with Crippen molar-refractivity contribution in [2.45, 2.75) is 38.1 Å². The summed E-state index contributed by atoms with van der Waals surface area (Å²) in [4.78, 5) is 13.5. The summed E-state index contributed by atoms with van der Waals surface area (Å²) in [6, 6.07) is 4.43. The Balaban J connectivity index is 2.40. The third-order valence-electron chi connectivity index (χ3n) is 3.47. The Labute approximate surface area is 125 Å². The fraction of sp³-hybridized carbons (Fsp3) is 0.500. The van der Waals surface area contributed by atoms with Crippen LogP contribution in [0.2, 0.25) is 0 Å². The SMILES string of the molecule is CC[C@H](C)NS(=O)(=O)c1ccc2c(c1)N(CC)C(=O)CO2. The number of amides is 1. The normalized spacial score (nSPS) is 16.3. The number of nitrogens with zero attached hydrogens (tertiary/aromatic N) is 1. The fourth-order valence-electron chi connectivity index (χ4n) is 2.11. The monoisotopic (exact) mass is 312 g/mol. The zero-order valence-corrected chi connectivity index (χ0v) is 13.2. The number of carbonyl (C=O) groups is 1. The van der Waals surface area contributed by atoms with Crippen molar-refractivity contribution in [2.75, 3.05) is 18.1 Å². The van der Waals surface area contributed by atoms with Crippen molar-refractivity contribution in [1.29, 1.82) is 0 Å². The van der Waals surface area contributed by atoms with Gasteiger partial charge in [-0.15, -0.1) is 0 Å². The van der Waals surface area contributed by atoms with Gasteiger partial charge in [0.15, 0.2) is 6.61 Å². The van der Waals surface area contributed by atoms with E-state index in [1.54, 1.807) is 13.0 Å². The first-order chi connectivity index (χ1) is 9.89. The summed E-state index contributed by atoms with van der Waals surface area (Å²) < 4.78 is 32.5. The lowest BCUT2D eigenvalue weighted by atomic mass is 10.2. The molecular weight excluding hydrogens is 292 g/mol. The van der Waals surface area contributed by atoms with Crippen LogP contribution < -0.4 is 14.4 Å². The molecule has 0 spiro atoms. The van der Waals surface area contributed by atoms with Crippen LogP contribution in [0.4, 0.5) is 5.69 Å². The lowest BCUT2D eigenvalue weighted by Crippen LogP contribution is -2.39. The molecule has 0 fully saturated rings. The molecule has 21 heavy (non-hydrogen) atoms. The topological polar surface area (TPSA) is 75.7 Å². The summed E-state index contributed by atoms with van der Waals surface area (Å²) in [5, 5.41) is 0. The van der Waals surface area contributed by atoms with E-state index in [2.05, 4.69) is 4.72 Å². The zero-order valence-electron chi connectivity index (χ0n) is 12.4. The van der Waals surface area contributed by atoms with E-state index in [1.807, 2.05) is 13.8 Å². The molecule has 1 atom stereocenters. The van der Waals surface area contributed by atoms with Crippen molar-refractivity contribution < 1.29 is 17.9 Å². The van der Waals surface area contributed by atoms with Gasteiger partial charge >= 0.3 is 0 Å². The van der Waals surface area contributed by atoms with Gasteiger partial charge in [-0.2, -0.15) is 0 Å². The van der Waals surface area contributed by atoms with Crippen molar-refractivity contribution in [3.05, 3.63) is 18.2 Å². The molecule has 0 bridgehead atoms. The average Bonchev–Trinajstić information content (AvgIpc) is 2.46. The van der Waals surface area contributed by atoms with Gasteiger partial charge in [-0.05, 0) is 38.5 Å². The number of anilines is 1. The van der Waals surface area contributed by atoms with Crippen LogP contribution in [0.25, 0.3) is 0 Å². The first-order valence-corrected chi connectivity index (χ1v) is 8.47. The summed E-state index contributed by atoms with van der Waals surface area (Å²) in [5.41, 5.74) is 0.501. The molecule has 6 nitrogen and oxygen atoms in total. The Hall–Kier alpha value is -1.60. The smallest absolute Gasteiger partial charge is 0.265 e.